The molecule has 0 aliphatic rings. The molecular weight excluding hydrogens is 210 g/mol. The predicted octanol–water partition coefficient (Wildman–Crippen LogP) is 2.97. The van der Waals surface area contributed by atoms with E-state index in [1.54, 1.807) is 12.1 Å². The molecule has 0 heterocycles. The predicted molar refractivity (Wildman–Crippen MR) is 50.8 cm³/mol. The summed E-state index contributed by atoms with van der Waals surface area (Å²) in [6.45, 7) is 0. The van der Waals surface area contributed by atoms with E-state index in [-0.39, 0.29) is 5.56 Å². The zero-order valence-electron chi connectivity index (χ0n) is 7.29. The van der Waals surface area contributed by atoms with Gasteiger partial charge in [-0.05, 0) is 12.0 Å². The molecule has 0 radical (unpaired) electrons. The minimum atomic E-state index is -2.46. The average Bonchev–Trinajstić information content (AvgIpc) is 2.18. The summed E-state index contributed by atoms with van der Waals surface area (Å²) in [5.41, 5.74) is 0.757. The van der Waals surface area contributed by atoms with Gasteiger partial charge >= 0.3 is 0 Å². The lowest BCUT2D eigenvalue weighted by molar-refractivity contribution is -0.107. The Bertz CT molecular complexity index is 297. The highest BCUT2D eigenvalue weighted by Gasteiger charge is 2.07. The molecule has 0 fully saturated rings. The minimum Gasteiger partial charge on any atom is -0.302 e. The van der Waals surface area contributed by atoms with Gasteiger partial charge in [-0.15, -0.1) is 11.6 Å². The van der Waals surface area contributed by atoms with E-state index in [9.17, 15) is 13.6 Å². The smallest absolute Gasteiger partial charge is 0.263 e. The summed E-state index contributed by atoms with van der Waals surface area (Å²) in [5, 5.41) is -0.590. The van der Waals surface area contributed by atoms with Crippen molar-refractivity contribution < 1.29 is 13.6 Å². The van der Waals surface area contributed by atoms with Crippen molar-refractivity contribution in [3.8, 4) is 0 Å². The topological polar surface area (TPSA) is 17.1 Å². The number of alkyl halides is 3. The van der Waals surface area contributed by atoms with Crippen molar-refractivity contribution in [2.45, 2.75) is 18.2 Å². The fourth-order valence-corrected chi connectivity index (χ4v) is 1.25. The van der Waals surface area contributed by atoms with Crippen LogP contribution in [0.15, 0.2) is 24.3 Å². The van der Waals surface area contributed by atoms with Gasteiger partial charge in [-0.3, -0.25) is 0 Å². The van der Waals surface area contributed by atoms with Crippen LogP contribution in [-0.4, -0.2) is 11.7 Å². The van der Waals surface area contributed by atoms with Crippen LogP contribution in [0.3, 0.4) is 0 Å². The molecule has 0 bridgehead atoms. The lowest BCUT2D eigenvalue weighted by atomic mass is 10.1. The molecule has 0 aliphatic heterocycles. The maximum absolute atomic E-state index is 12.1. The lowest BCUT2D eigenvalue weighted by Crippen LogP contribution is -2.04. The molecule has 0 saturated heterocycles. The number of carbonyl (C=O) groups is 1. The third-order valence-electron chi connectivity index (χ3n) is 1.81. The van der Waals surface area contributed by atoms with Crippen molar-refractivity contribution in [1.29, 1.82) is 0 Å². The second-order valence-corrected chi connectivity index (χ2v) is 3.46. The molecule has 0 N–H and O–H groups in total. The summed E-state index contributed by atoms with van der Waals surface area (Å²) >= 11 is 5.59. The second kappa shape index (κ2) is 5.05. The molecule has 1 aromatic rings. The Hall–Kier alpha value is -0.960. The quantitative estimate of drug-likeness (QED) is 0.561. The SMILES string of the molecule is O=CC(Cl)Cc1ccc(C(F)F)cc1. The number of rotatable bonds is 4. The monoisotopic (exact) mass is 218 g/mol. The van der Waals surface area contributed by atoms with Gasteiger partial charge in [0.15, 0.2) is 0 Å². The van der Waals surface area contributed by atoms with Crippen molar-refractivity contribution in [1.82, 2.24) is 0 Å². The van der Waals surface area contributed by atoms with E-state index in [2.05, 4.69) is 0 Å². The van der Waals surface area contributed by atoms with Crippen LogP contribution in [-0.2, 0) is 11.2 Å². The summed E-state index contributed by atoms with van der Waals surface area (Å²) in [4.78, 5) is 10.2. The third-order valence-corrected chi connectivity index (χ3v) is 2.07. The van der Waals surface area contributed by atoms with Gasteiger partial charge in [0, 0.05) is 5.56 Å². The highest BCUT2D eigenvalue weighted by atomic mass is 35.5. The Balaban J connectivity index is 2.68. The van der Waals surface area contributed by atoms with Gasteiger partial charge in [-0.2, -0.15) is 0 Å². The maximum Gasteiger partial charge on any atom is 0.263 e. The molecule has 1 rings (SSSR count). The van der Waals surface area contributed by atoms with Crippen LogP contribution in [0.1, 0.15) is 17.6 Å². The molecule has 4 heteroatoms. The van der Waals surface area contributed by atoms with Gasteiger partial charge in [0.25, 0.3) is 6.43 Å². The van der Waals surface area contributed by atoms with Crippen LogP contribution >= 0.6 is 11.6 Å². The largest absolute Gasteiger partial charge is 0.302 e. The highest BCUT2D eigenvalue weighted by Crippen LogP contribution is 2.19. The van der Waals surface area contributed by atoms with E-state index in [1.165, 1.54) is 12.1 Å². The van der Waals surface area contributed by atoms with Crippen molar-refractivity contribution in [3.63, 3.8) is 0 Å². The summed E-state index contributed by atoms with van der Waals surface area (Å²) in [6.07, 6.45) is -1.46. The first-order chi connectivity index (χ1) is 6.63. The zero-order chi connectivity index (χ0) is 10.6. The van der Waals surface area contributed by atoms with Gasteiger partial charge in [0.1, 0.15) is 6.29 Å². The van der Waals surface area contributed by atoms with Crippen LogP contribution in [0.5, 0.6) is 0 Å². The molecule has 0 aliphatic carbocycles. The van der Waals surface area contributed by atoms with E-state index < -0.39 is 11.8 Å². The molecule has 0 spiro atoms. The minimum absolute atomic E-state index is 0.0222. The molecule has 14 heavy (non-hydrogen) atoms. The molecule has 76 valence electrons. The number of carbonyl (C=O) groups excluding carboxylic acids is 1. The lowest BCUT2D eigenvalue weighted by Gasteiger charge is -2.03. The molecule has 1 unspecified atom stereocenters. The number of halogens is 3. The van der Waals surface area contributed by atoms with E-state index in [0.29, 0.717) is 12.7 Å². The number of hydrogen-bond acceptors (Lipinski definition) is 1. The van der Waals surface area contributed by atoms with E-state index >= 15 is 0 Å². The zero-order valence-corrected chi connectivity index (χ0v) is 8.05. The molecule has 1 nitrogen and oxygen atoms in total. The Morgan fingerprint density at radius 3 is 2.29 bits per heavy atom. The first-order valence-corrected chi connectivity index (χ1v) is 4.53. The summed E-state index contributed by atoms with van der Waals surface area (Å²) in [6, 6.07) is 5.80. The highest BCUT2D eigenvalue weighted by molar-refractivity contribution is 6.27. The Kier molecular flexibility index (Phi) is 4.01. The summed E-state index contributed by atoms with van der Waals surface area (Å²) in [7, 11) is 0. The van der Waals surface area contributed by atoms with Crippen LogP contribution in [0.4, 0.5) is 8.78 Å². The van der Waals surface area contributed by atoms with Crippen molar-refractivity contribution in [2.24, 2.45) is 0 Å². The average molecular weight is 219 g/mol. The Morgan fingerprint density at radius 2 is 1.86 bits per heavy atom. The van der Waals surface area contributed by atoms with Crippen molar-refractivity contribution >= 4 is 17.9 Å². The van der Waals surface area contributed by atoms with Crippen molar-refractivity contribution in [2.75, 3.05) is 0 Å². The standard InChI is InChI=1S/C10H9ClF2O/c11-9(6-14)5-7-1-3-8(4-2-7)10(12)13/h1-4,6,9-10H,5H2. The van der Waals surface area contributed by atoms with Gasteiger partial charge in [-0.1, -0.05) is 24.3 Å². The summed E-state index contributed by atoms with van der Waals surface area (Å²) in [5.74, 6) is 0. The van der Waals surface area contributed by atoms with Crippen LogP contribution in [0, 0.1) is 0 Å². The van der Waals surface area contributed by atoms with Gasteiger partial charge in [0.05, 0.1) is 5.38 Å². The van der Waals surface area contributed by atoms with Gasteiger partial charge in [-0.25, -0.2) is 8.78 Å². The van der Waals surface area contributed by atoms with Crippen molar-refractivity contribution in [3.05, 3.63) is 35.4 Å². The Labute approximate surface area is 85.7 Å². The molecule has 0 amide bonds. The molecule has 1 aromatic carbocycles. The van der Waals surface area contributed by atoms with E-state index in [1.807, 2.05) is 0 Å². The number of hydrogen-bond donors (Lipinski definition) is 0. The molecule has 0 aromatic heterocycles. The normalized spacial score (nSPS) is 12.9. The first kappa shape index (κ1) is 11.1. The van der Waals surface area contributed by atoms with Gasteiger partial charge in [0.2, 0.25) is 0 Å². The fraction of sp³-hybridized carbons (Fsp3) is 0.300. The third kappa shape index (κ3) is 3.07. The molecule has 1 atom stereocenters. The van der Waals surface area contributed by atoms with E-state index in [0.717, 1.165) is 5.56 Å². The van der Waals surface area contributed by atoms with Crippen LogP contribution < -0.4 is 0 Å². The van der Waals surface area contributed by atoms with Crippen LogP contribution in [0.2, 0.25) is 0 Å². The maximum atomic E-state index is 12.1. The first-order valence-electron chi connectivity index (χ1n) is 4.10. The van der Waals surface area contributed by atoms with Crippen LogP contribution in [0.25, 0.3) is 0 Å². The summed E-state index contributed by atoms with van der Waals surface area (Å²) < 4.78 is 24.3. The van der Waals surface area contributed by atoms with Gasteiger partial charge < -0.3 is 4.79 Å². The fourth-order valence-electron chi connectivity index (χ4n) is 1.07. The molecule has 0 saturated carbocycles. The molecular formula is C10H9ClF2O. The van der Waals surface area contributed by atoms with E-state index in [4.69, 9.17) is 11.6 Å². The number of aldehydes is 1. The number of benzene rings is 1. The second-order valence-electron chi connectivity index (χ2n) is 2.90. The Morgan fingerprint density at radius 1 is 1.29 bits per heavy atom.